The zero-order valence-corrected chi connectivity index (χ0v) is 11.4. The van der Waals surface area contributed by atoms with Crippen molar-refractivity contribution >= 4 is 21.6 Å². The fourth-order valence-corrected chi connectivity index (χ4v) is 3.11. The number of nitrogens with one attached hydrogen (secondary N) is 1. The van der Waals surface area contributed by atoms with Crippen LogP contribution in [-0.2, 0) is 6.42 Å². The lowest BCUT2D eigenvalue weighted by Gasteiger charge is -2.16. The summed E-state index contributed by atoms with van der Waals surface area (Å²) in [5.74, 6) is -0.194. The van der Waals surface area contributed by atoms with Crippen LogP contribution in [0.15, 0.2) is 46.9 Å². The Kier molecular flexibility index (Phi) is 3.08. The van der Waals surface area contributed by atoms with Crippen molar-refractivity contribution in [1.82, 2.24) is 0 Å². The molecule has 1 atom stereocenters. The molecule has 0 fully saturated rings. The van der Waals surface area contributed by atoms with Crippen LogP contribution in [0.2, 0.25) is 0 Å². The molecule has 0 aliphatic heterocycles. The summed E-state index contributed by atoms with van der Waals surface area (Å²) >= 11 is 3.57. The Labute approximate surface area is 114 Å². The predicted octanol–water partition coefficient (Wildman–Crippen LogP) is 4.69. The van der Waals surface area contributed by atoms with Crippen molar-refractivity contribution < 1.29 is 4.39 Å². The van der Waals surface area contributed by atoms with Crippen LogP contribution in [-0.4, -0.2) is 0 Å². The standard InChI is InChI=1S/C15H13BrFN/c16-12-5-3-4-11-10(12)8-9-14(11)18-15-7-2-1-6-13(15)17/h1-7,14,18H,8-9H2. The summed E-state index contributed by atoms with van der Waals surface area (Å²) in [7, 11) is 0. The SMILES string of the molecule is Fc1ccccc1NC1CCc2c(Br)cccc21. The molecule has 1 unspecified atom stereocenters. The van der Waals surface area contributed by atoms with Gasteiger partial charge in [-0.2, -0.15) is 0 Å². The van der Waals surface area contributed by atoms with Gasteiger partial charge in [0.05, 0.1) is 11.7 Å². The molecule has 1 N–H and O–H groups in total. The molecule has 3 rings (SSSR count). The van der Waals surface area contributed by atoms with Crippen LogP contribution in [0.3, 0.4) is 0 Å². The summed E-state index contributed by atoms with van der Waals surface area (Å²) in [6, 6.07) is 13.2. The average Bonchev–Trinajstić information content (AvgIpc) is 2.77. The van der Waals surface area contributed by atoms with E-state index in [4.69, 9.17) is 0 Å². The van der Waals surface area contributed by atoms with Crippen molar-refractivity contribution in [2.75, 3.05) is 5.32 Å². The predicted molar refractivity (Wildman–Crippen MR) is 75.2 cm³/mol. The third kappa shape index (κ3) is 2.03. The molecule has 0 heterocycles. The van der Waals surface area contributed by atoms with Crippen molar-refractivity contribution in [3.8, 4) is 0 Å². The highest BCUT2D eigenvalue weighted by atomic mass is 79.9. The van der Waals surface area contributed by atoms with Gasteiger partial charge in [-0.15, -0.1) is 0 Å². The molecule has 0 spiro atoms. The highest BCUT2D eigenvalue weighted by Crippen LogP contribution is 2.37. The quantitative estimate of drug-likeness (QED) is 0.849. The van der Waals surface area contributed by atoms with Gasteiger partial charge in [-0.1, -0.05) is 40.2 Å². The minimum absolute atomic E-state index is 0.194. The number of para-hydroxylation sites is 1. The number of rotatable bonds is 2. The lowest BCUT2D eigenvalue weighted by molar-refractivity contribution is 0.625. The van der Waals surface area contributed by atoms with Crippen molar-refractivity contribution in [2.45, 2.75) is 18.9 Å². The fraction of sp³-hybridized carbons (Fsp3) is 0.200. The molecule has 3 heteroatoms. The van der Waals surface area contributed by atoms with Gasteiger partial charge in [-0.25, -0.2) is 4.39 Å². The van der Waals surface area contributed by atoms with Crippen molar-refractivity contribution in [2.24, 2.45) is 0 Å². The molecule has 2 aromatic carbocycles. The van der Waals surface area contributed by atoms with Crippen LogP contribution < -0.4 is 5.32 Å². The maximum atomic E-state index is 13.6. The molecule has 18 heavy (non-hydrogen) atoms. The second kappa shape index (κ2) is 4.73. The molecule has 1 aliphatic carbocycles. The summed E-state index contributed by atoms with van der Waals surface area (Å²) in [6.45, 7) is 0. The molecule has 0 amide bonds. The van der Waals surface area contributed by atoms with Gasteiger partial charge in [0.15, 0.2) is 0 Å². The van der Waals surface area contributed by atoms with E-state index in [2.05, 4.69) is 33.4 Å². The number of halogens is 2. The molecule has 92 valence electrons. The van der Waals surface area contributed by atoms with Gasteiger partial charge in [0.2, 0.25) is 0 Å². The van der Waals surface area contributed by atoms with Crippen LogP contribution in [0, 0.1) is 5.82 Å². The van der Waals surface area contributed by atoms with E-state index < -0.39 is 0 Å². The maximum absolute atomic E-state index is 13.6. The van der Waals surface area contributed by atoms with Gasteiger partial charge >= 0.3 is 0 Å². The average molecular weight is 306 g/mol. The summed E-state index contributed by atoms with van der Waals surface area (Å²) in [6.07, 6.45) is 2.04. The molecule has 1 nitrogen and oxygen atoms in total. The van der Waals surface area contributed by atoms with Crippen LogP contribution in [0.1, 0.15) is 23.6 Å². The molecule has 0 saturated heterocycles. The van der Waals surface area contributed by atoms with E-state index in [1.54, 1.807) is 12.1 Å². The minimum Gasteiger partial charge on any atom is -0.376 e. The third-order valence-electron chi connectivity index (χ3n) is 3.42. The Hall–Kier alpha value is -1.35. The van der Waals surface area contributed by atoms with Crippen molar-refractivity contribution in [3.63, 3.8) is 0 Å². The van der Waals surface area contributed by atoms with E-state index in [1.165, 1.54) is 17.2 Å². The molecule has 1 aliphatic rings. The Balaban J connectivity index is 1.90. The smallest absolute Gasteiger partial charge is 0.146 e. The third-order valence-corrected chi connectivity index (χ3v) is 4.16. The van der Waals surface area contributed by atoms with Gasteiger partial charge in [0.25, 0.3) is 0 Å². The number of hydrogen-bond donors (Lipinski definition) is 1. The highest BCUT2D eigenvalue weighted by Gasteiger charge is 2.24. The van der Waals surface area contributed by atoms with Gasteiger partial charge < -0.3 is 5.32 Å². The number of fused-ring (bicyclic) bond motifs is 1. The molecule has 0 saturated carbocycles. The first kappa shape index (κ1) is 11.7. The number of hydrogen-bond acceptors (Lipinski definition) is 1. The molecular weight excluding hydrogens is 293 g/mol. The van der Waals surface area contributed by atoms with E-state index >= 15 is 0 Å². The van der Waals surface area contributed by atoms with E-state index in [0.717, 1.165) is 17.3 Å². The zero-order chi connectivity index (χ0) is 12.5. The van der Waals surface area contributed by atoms with Gasteiger partial charge in [0, 0.05) is 4.47 Å². The Morgan fingerprint density at radius 1 is 1.11 bits per heavy atom. The Morgan fingerprint density at radius 3 is 2.78 bits per heavy atom. The normalized spacial score (nSPS) is 17.6. The van der Waals surface area contributed by atoms with Crippen LogP contribution >= 0.6 is 15.9 Å². The van der Waals surface area contributed by atoms with Crippen molar-refractivity contribution in [1.29, 1.82) is 0 Å². The molecule has 0 bridgehead atoms. The van der Waals surface area contributed by atoms with Crippen LogP contribution in [0.5, 0.6) is 0 Å². The molecule has 2 aromatic rings. The van der Waals surface area contributed by atoms with Crippen LogP contribution in [0.25, 0.3) is 0 Å². The minimum atomic E-state index is -0.194. The van der Waals surface area contributed by atoms with Gasteiger partial charge in [-0.05, 0) is 42.2 Å². The monoisotopic (exact) mass is 305 g/mol. The second-order valence-corrected chi connectivity index (χ2v) is 5.38. The summed E-state index contributed by atoms with van der Waals surface area (Å²) in [5, 5.41) is 3.30. The van der Waals surface area contributed by atoms with E-state index in [0.29, 0.717) is 5.69 Å². The molecule has 0 radical (unpaired) electrons. The molecular formula is C15H13BrFN. The molecule has 0 aromatic heterocycles. The van der Waals surface area contributed by atoms with E-state index in [1.807, 2.05) is 12.1 Å². The second-order valence-electron chi connectivity index (χ2n) is 4.52. The lowest BCUT2D eigenvalue weighted by atomic mass is 10.1. The van der Waals surface area contributed by atoms with E-state index in [9.17, 15) is 4.39 Å². The number of anilines is 1. The van der Waals surface area contributed by atoms with Gasteiger partial charge in [0.1, 0.15) is 5.82 Å². The first-order valence-corrected chi connectivity index (χ1v) is 6.83. The zero-order valence-electron chi connectivity index (χ0n) is 9.79. The van der Waals surface area contributed by atoms with E-state index in [-0.39, 0.29) is 11.9 Å². The van der Waals surface area contributed by atoms with Gasteiger partial charge in [-0.3, -0.25) is 0 Å². The topological polar surface area (TPSA) is 12.0 Å². The summed E-state index contributed by atoms with van der Waals surface area (Å²) in [4.78, 5) is 0. The van der Waals surface area contributed by atoms with Crippen LogP contribution in [0.4, 0.5) is 10.1 Å². The Bertz CT molecular complexity index is 582. The summed E-state index contributed by atoms with van der Waals surface area (Å²) < 4.78 is 14.8. The Morgan fingerprint density at radius 2 is 1.94 bits per heavy atom. The largest absolute Gasteiger partial charge is 0.376 e. The van der Waals surface area contributed by atoms with Crippen molar-refractivity contribution in [3.05, 3.63) is 63.9 Å². The lowest BCUT2D eigenvalue weighted by Crippen LogP contribution is -2.08. The first-order valence-electron chi connectivity index (χ1n) is 6.04. The maximum Gasteiger partial charge on any atom is 0.146 e. The summed E-state index contributed by atoms with van der Waals surface area (Å²) in [5.41, 5.74) is 3.19. The highest BCUT2D eigenvalue weighted by molar-refractivity contribution is 9.10. The number of benzene rings is 2. The first-order chi connectivity index (χ1) is 8.75. The fourth-order valence-electron chi connectivity index (χ4n) is 2.53.